The van der Waals surface area contributed by atoms with Gasteiger partial charge >= 0.3 is 0 Å². The molecule has 0 amide bonds. The van der Waals surface area contributed by atoms with Crippen LogP contribution in [0.5, 0.6) is 0 Å². The largest absolute Gasteiger partial charge is 0.392 e. The highest BCUT2D eigenvalue weighted by Gasteiger charge is 2.02. The number of hydrogen-bond acceptors (Lipinski definition) is 2. The third-order valence-corrected chi connectivity index (χ3v) is 2.21. The number of nitrogens with one attached hydrogen (secondary N) is 1. The van der Waals surface area contributed by atoms with E-state index >= 15 is 0 Å². The maximum Gasteiger partial charge on any atom is 0.125 e. The van der Waals surface area contributed by atoms with Crippen molar-refractivity contribution >= 4 is 21.6 Å². The molecule has 0 aliphatic carbocycles. The zero-order chi connectivity index (χ0) is 9.84. The van der Waals surface area contributed by atoms with Crippen LogP contribution in [-0.4, -0.2) is 17.8 Å². The van der Waals surface area contributed by atoms with Crippen molar-refractivity contribution in [2.24, 2.45) is 0 Å². The zero-order valence-corrected chi connectivity index (χ0v) is 8.81. The Balaban J connectivity index is 2.70. The van der Waals surface area contributed by atoms with E-state index in [1.165, 1.54) is 12.1 Å². The number of hydrogen-bond donors (Lipinski definition) is 2. The van der Waals surface area contributed by atoms with Gasteiger partial charge in [0.2, 0.25) is 0 Å². The van der Waals surface area contributed by atoms with Gasteiger partial charge in [-0.2, -0.15) is 0 Å². The van der Waals surface area contributed by atoms with E-state index in [1.807, 2.05) is 0 Å². The minimum atomic E-state index is -0.449. The molecule has 4 heteroatoms. The first kappa shape index (κ1) is 10.5. The van der Waals surface area contributed by atoms with Gasteiger partial charge in [0.05, 0.1) is 11.8 Å². The molecular formula is C9H11BrFNO. The van der Waals surface area contributed by atoms with Crippen LogP contribution in [0.1, 0.15) is 6.92 Å². The first-order valence-electron chi connectivity index (χ1n) is 3.96. The quantitative estimate of drug-likeness (QED) is 0.860. The smallest absolute Gasteiger partial charge is 0.125 e. The summed E-state index contributed by atoms with van der Waals surface area (Å²) in [6, 6.07) is 4.38. The van der Waals surface area contributed by atoms with Gasteiger partial charge in [-0.05, 0) is 41.1 Å². The maximum atomic E-state index is 12.7. The molecule has 0 fully saturated rings. The summed E-state index contributed by atoms with van der Waals surface area (Å²) in [6.45, 7) is 2.07. The molecule has 2 N–H and O–H groups in total. The molecular weight excluding hydrogens is 237 g/mol. The Morgan fingerprint density at radius 2 is 2.31 bits per heavy atom. The van der Waals surface area contributed by atoms with Crippen molar-refractivity contribution in [3.8, 4) is 0 Å². The van der Waals surface area contributed by atoms with Crippen LogP contribution in [0.25, 0.3) is 0 Å². The third kappa shape index (κ3) is 3.32. The van der Waals surface area contributed by atoms with Crippen LogP contribution < -0.4 is 5.32 Å². The standard InChI is InChI=1S/C9H11BrFNO/c1-6(13)5-12-9-4-7(11)2-3-8(9)10/h2-4,6,12-13H,5H2,1H3/t6-/m0/s1. The van der Waals surface area contributed by atoms with Crippen molar-refractivity contribution in [3.05, 3.63) is 28.5 Å². The average Bonchev–Trinajstić information content (AvgIpc) is 2.06. The average molecular weight is 248 g/mol. The van der Waals surface area contributed by atoms with Crippen molar-refractivity contribution in [1.82, 2.24) is 0 Å². The third-order valence-electron chi connectivity index (χ3n) is 1.52. The molecule has 1 aromatic carbocycles. The highest BCUT2D eigenvalue weighted by atomic mass is 79.9. The van der Waals surface area contributed by atoms with E-state index in [9.17, 15) is 4.39 Å². The zero-order valence-electron chi connectivity index (χ0n) is 7.22. The molecule has 0 unspecified atom stereocenters. The van der Waals surface area contributed by atoms with Crippen molar-refractivity contribution in [1.29, 1.82) is 0 Å². The van der Waals surface area contributed by atoms with Crippen LogP contribution in [0, 0.1) is 5.82 Å². The fourth-order valence-electron chi connectivity index (χ4n) is 0.891. The summed E-state index contributed by atoms with van der Waals surface area (Å²) in [5, 5.41) is 11.9. The minimum absolute atomic E-state index is 0.295. The van der Waals surface area contributed by atoms with Crippen LogP contribution in [0.3, 0.4) is 0 Å². The molecule has 1 rings (SSSR count). The predicted octanol–water partition coefficient (Wildman–Crippen LogP) is 2.38. The Hall–Kier alpha value is -0.610. The van der Waals surface area contributed by atoms with Gasteiger partial charge in [-0.15, -0.1) is 0 Å². The van der Waals surface area contributed by atoms with Gasteiger partial charge < -0.3 is 10.4 Å². The maximum absolute atomic E-state index is 12.7. The summed E-state index contributed by atoms with van der Waals surface area (Å²) < 4.78 is 13.5. The Labute approximate surface area is 84.9 Å². The lowest BCUT2D eigenvalue weighted by atomic mass is 10.3. The first-order valence-corrected chi connectivity index (χ1v) is 4.76. The Bertz CT molecular complexity index is 291. The monoisotopic (exact) mass is 247 g/mol. The van der Waals surface area contributed by atoms with Crippen molar-refractivity contribution in [2.75, 3.05) is 11.9 Å². The molecule has 2 nitrogen and oxygen atoms in total. The molecule has 0 saturated carbocycles. The van der Waals surface area contributed by atoms with E-state index in [4.69, 9.17) is 5.11 Å². The van der Waals surface area contributed by atoms with Crippen molar-refractivity contribution in [2.45, 2.75) is 13.0 Å². The molecule has 1 aromatic rings. The van der Waals surface area contributed by atoms with E-state index < -0.39 is 6.10 Å². The van der Waals surface area contributed by atoms with Crippen molar-refractivity contribution < 1.29 is 9.50 Å². The molecule has 72 valence electrons. The Kier molecular flexibility index (Phi) is 3.69. The summed E-state index contributed by atoms with van der Waals surface area (Å²) in [6.07, 6.45) is -0.449. The lowest BCUT2D eigenvalue weighted by molar-refractivity contribution is 0.208. The normalized spacial score (nSPS) is 12.6. The summed E-state index contributed by atoms with van der Waals surface area (Å²) in [7, 11) is 0. The molecule has 0 heterocycles. The van der Waals surface area contributed by atoms with E-state index in [-0.39, 0.29) is 5.82 Å². The molecule has 0 saturated heterocycles. The van der Waals surface area contributed by atoms with Gasteiger partial charge in [-0.25, -0.2) is 4.39 Å². The summed E-state index contributed by atoms with van der Waals surface area (Å²) in [4.78, 5) is 0. The van der Waals surface area contributed by atoms with E-state index in [1.54, 1.807) is 13.0 Å². The lowest BCUT2D eigenvalue weighted by Crippen LogP contribution is -2.15. The van der Waals surface area contributed by atoms with Gasteiger partial charge in [0, 0.05) is 11.0 Å². The van der Waals surface area contributed by atoms with Crippen LogP contribution in [0.2, 0.25) is 0 Å². The van der Waals surface area contributed by atoms with Gasteiger partial charge in [-0.1, -0.05) is 0 Å². The van der Waals surface area contributed by atoms with Gasteiger partial charge in [0.25, 0.3) is 0 Å². The topological polar surface area (TPSA) is 32.3 Å². The summed E-state index contributed by atoms with van der Waals surface area (Å²) in [5.41, 5.74) is 0.654. The Morgan fingerprint density at radius 1 is 1.62 bits per heavy atom. The van der Waals surface area contributed by atoms with Gasteiger partial charge in [-0.3, -0.25) is 0 Å². The van der Waals surface area contributed by atoms with E-state index in [2.05, 4.69) is 21.2 Å². The fraction of sp³-hybridized carbons (Fsp3) is 0.333. The molecule has 0 spiro atoms. The highest BCUT2D eigenvalue weighted by Crippen LogP contribution is 2.22. The molecule has 0 radical (unpaired) electrons. The van der Waals surface area contributed by atoms with E-state index in [0.717, 1.165) is 4.47 Å². The molecule has 1 atom stereocenters. The minimum Gasteiger partial charge on any atom is -0.392 e. The van der Waals surface area contributed by atoms with Gasteiger partial charge in [0.1, 0.15) is 5.82 Å². The van der Waals surface area contributed by atoms with Crippen LogP contribution in [0.4, 0.5) is 10.1 Å². The first-order chi connectivity index (χ1) is 6.09. The van der Waals surface area contributed by atoms with Gasteiger partial charge in [0.15, 0.2) is 0 Å². The molecule has 13 heavy (non-hydrogen) atoms. The molecule has 0 aliphatic heterocycles. The van der Waals surface area contributed by atoms with E-state index in [0.29, 0.717) is 12.2 Å². The molecule has 0 aliphatic rings. The summed E-state index contributed by atoms with van der Waals surface area (Å²) >= 11 is 3.27. The van der Waals surface area contributed by atoms with Crippen LogP contribution >= 0.6 is 15.9 Å². The second-order valence-corrected chi connectivity index (χ2v) is 3.71. The number of halogens is 2. The number of anilines is 1. The lowest BCUT2D eigenvalue weighted by Gasteiger charge is -2.09. The molecule has 0 bridgehead atoms. The Morgan fingerprint density at radius 3 is 2.92 bits per heavy atom. The number of benzene rings is 1. The summed E-state index contributed by atoms with van der Waals surface area (Å²) in [5.74, 6) is -0.295. The van der Waals surface area contributed by atoms with Crippen LogP contribution in [-0.2, 0) is 0 Å². The number of aliphatic hydroxyl groups excluding tert-OH is 1. The predicted molar refractivity (Wildman–Crippen MR) is 54.3 cm³/mol. The van der Waals surface area contributed by atoms with Crippen LogP contribution in [0.15, 0.2) is 22.7 Å². The highest BCUT2D eigenvalue weighted by molar-refractivity contribution is 9.10. The number of rotatable bonds is 3. The second-order valence-electron chi connectivity index (χ2n) is 2.85. The molecule has 0 aromatic heterocycles. The second kappa shape index (κ2) is 4.58. The number of aliphatic hydroxyl groups is 1. The fourth-order valence-corrected chi connectivity index (χ4v) is 1.28. The van der Waals surface area contributed by atoms with Crippen molar-refractivity contribution in [3.63, 3.8) is 0 Å². The SMILES string of the molecule is C[C@H](O)CNc1cc(F)ccc1Br.